The third-order valence-corrected chi connectivity index (χ3v) is 5.21. The maximum Gasteiger partial charge on any atom is 0.357 e. The molecule has 4 nitrogen and oxygen atoms in total. The molecule has 0 bridgehead atoms. The summed E-state index contributed by atoms with van der Waals surface area (Å²) in [6.07, 6.45) is -0.516. The van der Waals surface area contributed by atoms with E-state index < -0.39 is 12.1 Å². The van der Waals surface area contributed by atoms with Crippen LogP contribution in [0.15, 0.2) is 78.2 Å². The number of ether oxygens (including phenoxy) is 1. The van der Waals surface area contributed by atoms with Crippen LogP contribution < -0.4 is 0 Å². The number of para-hydroxylation sites is 1. The number of carbonyl (C=O) groups is 1. The van der Waals surface area contributed by atoms with E-state index in [4.69, 9.17) is 4.74 Å². The minimum absolute atomic E-state index is 0.329. The summed E-state index contributed by atoms with van der Waals surface area (Å²) >= 11 is 1.55. The summed E-state index contributed by atoms with van der Waals surface area (Å²) in [4.78, 5) is 13.9. The van der Waals surface area contributed by atoms with Crippen molar-refractivity contribution < 1.29 is 13.9 Å². The third kappa shape index (κ3) is 3.73. The van der Waals surface area contributed by atoms with Crippen LogP contribution in [0, 0.1) is 5.82 Å². The van der Waals surface area contributed by atoms with Gasteiger partial charge in [0.15, 0.2) is 5.69 Å². The second kappa shape index (κ2) is 7.78. The predicted octanol–water partition coefficient (Wildman–Crippen LogP) is 5.66. The average Bonchev–Trinajstić information content (AvgIpc) is 3.39. The van der Waals surface area contributed by atoms with Gasteiger partial charge in [-0.25, -0.2) is 13.9 Å². The molecule has 0 aliphatic rings. The number of esters is 1. The van der Waals surface area contributed by atoms with Gasteiger partial charge >= 0.3 is 5.97 Å². The van der Waals surface area contributed by atoms with Gasteiger partial charge in [-0.1, -0.05) is 36.4 Å². The van der Waals surface area contributed by atoms with Crippen LogP contribution in [0.5, 0.6) is 0 Å². The highest BCUT2D eigenvalue weighted by Crippen LogP contribution is 2.27. The second-order valence-corrected chi connectivity index (χ2v) is 7.19. The molecule has 2 aromatic heterocycles. The molecule has 140 valence electrons. The molecule has 4 aromatic rings. The number of benzene rings is 2. The largest absolute Gasteiger partial charge is 0.453 e. The molecule has 6 heteroatoms. The minimum Gasteiger partial charge on any atom is -0.453 e. The van der Waals surface area contributed by atoms with Crippen LogP contribution in [0.2, 0.25) is 0 Å². The topological polar surface area (TPSA) is 44.1 Å². The average molecular weight is 392 g/mol. The molecule has 28 heavy (non-hydrogen) atoms. The first-order valence-corrected chi connectivity index (χ1v) is 9.65. The quantitative estimate of drug-likeness (QED) is 0.412. The van der Waals surface area contributed by atoms with E-state index in [9.17, 15) is 9.18 Å². The standard InChI is InChI=1S/C22H17FN2O2S/c1-15(16-9-11-17(23)12-10-16)27-22(26)20-14-19(21-8-5-13-28-21)24-25(20)18-6-3-2-4-7-18/h2-15H,1H3/t15-/m0/s1. The molecule has 0 aliphatic heterocycles. The van der Waals surface area contributed by atoms with Gasteiger partial charge in [0, 0.05) is 6.07 Å². The molecule has 0 N–H and O–H groups in total. The second-order valence-electron chi connectivity index (χ2n) is 6.24. The Morgan fingerprint density at radius 3 is 2.50 bits per heavy atom. The molecule has 2 heterocycles. The van der Waals surface area contributed by atoms with Crippen LogP contribution in [0.3, 0.4) is 0 Å². The zero-order chi connectivity index (χ0) is 19.5. The normalized spacial score (nSPS) is 11.9. The Morgan fingerprint density at radius 2 is 1.82 bits per heavy atom. The number of thiophene rings is 1. The van der Waals surface area contributed by atoms with Crippen LogP contribution >= 0.6 is 11.3 Å². The zero-order valence-electron chi connectivity index (χ0n) is 15.1. The highest BCUT2D eigenvalue weighted by atomic mass is 32.1. The maximum absolute atomic E-state index is 13.1. The van der Waals surface area contributed by atoms with Gasteiger partial charge in [-0.2, -0.15) is 5.10 Å². The highest BCUT2D eigenvalue weighted by Gasteiger charge is 2.21. The molecule has 4 rings (SSSR count). The van der Waals surface area contributed by atoms with Crippen molar-refractivity contribution in [3.63, 3.8) is 0 Å². The first kappa shape index (κ1) is 18.1. The molecule has 0 amide bonds. The Kier molecular flexibility index (Phi) is 5.04. The van der Waals surface area contributed by atoms with E-state index in [1.165, 1.54) is 12.1 Å². The van der Waals surface area contributed by atoms with Gasteiger partial charge in [-0.15, -0.1) is 11.3 Å². The predicted molar refractivity (Wildman–Crippen MR) is 107 cm³/mol. The molecular weight excluding hydrogens is 375 g/mol. The number of hydrogen-bond donors (Lipinski definition) is 0. The maximum atomic E-state index is 13.1. The van der Waals surface area contributed by atoms with Crippen LogP contribution in [-0.2, 0) is 4.74 Å². The van der Waals surface area contributed by atoms with Gasteiger partial charge in [0.1, 0.15) is 17.6 Å². The number of rotatable bonds is 5. The number of halogens is 1. The van der Waals surface area contributed by atoms with Gasteiger partial charge < -0.3 is 4.74 Å². The first-order chi connectivity index (χ1) is 13.6. The van der Waals surface area contributed by atoms with Crippen molar-refractivity contribution in [2.45, 2.75) is 13.0 Å². The molecule has 2 aromatic carbocycles. The van der Waals surface area contributed by atoms with E-state index >= 15 is 0 Å². The Hall–Kier alpha value is -3.25. The van der Waals surface area contributed by atoms with Crippen LogP contribution in [-0.4, -0.2) is 15.7 Å². The van der Waals surface area contributed by atoms with E-state index in [0.717, 1.165) is 16.1 Å². The summed E-state index contributed by atoms with van der Waals surface area (Å²) < 4.78 is 20.4. The van der Waals surface area contributed by atoms with Gasteiger partial charge in [0.2, 0.25) is 0 Å². The summed E-state index contributed by atoms with van der Waals surface area (Å²) in [6, 6.07) is 21.0. The van der Waals surface area contributed by atoms with Crippen molar-refractivity contribution in [3.8, 4) is 16.3 Å². The molecule has 1 atom stereocenters. The van der Waals surface area contributed by atoms with Gasteiger partial charge in [-0.05, 0) is 48.2 Å². The molecule has 0 radical (unpaired) electrons. The van der Waals surface area contributed by atoms with Gasteiger partial charge in [0.05, 0.1) is 10.6 Å². The Bertz CT molecular complexity index is 1070. The Labute approximate surface area is 165 Å². The number of aromatic nitrogens is 2. The SMILES string of the molecule is C[C@H](OC(=O)c1cc(-c2cccs2)nn1-c1ccccc1)c1ccc(F)cc1. The van der Waals surface area contributed by atoms with Crippen molar-refractivity contribution >= 4 is 17.3 Å². The van der Waals surface area contributed by atoms with E-state index in [0.29, 0.717) is 11.4 Å². The van der Waals surface area contributed by atoms with Crippen molar-refractivity contribution in [1.82, 2.24) is 9.78 Å². The fraction of sp³-hybridized carbons (Fsp3) is 0.0909. The van der Waals surface area contributed by atoms with Crippen LogP contribution in [0.4, 0.5) is 4.39 Å². The van der Waals surface area contributed by atoms with Gasteiger partial charge in [0.25, 0.3) is 0 Å². The van der Waals surface area contributed by atoms with Crippen molar-refractivity contribution in [2.24, 2.45) is 0 Å². The monoisotopic (exact) mass is 392 g/mol. The molecule has 0 fully saturated rings. The summed E-state index contributed by atoms with van der Waals surface area (Å²) in [6.45, 7) is 1.76. The fourth-order valence-electron chi connectivity index (χ4n) is 2.86. The van der Waals surface area contributed by atoms with Gasteiger partial charge in [-0.3, -0.25) is 0 Å². The summed E-state index contributed by atoms with van der Waals surface area (Å²) in [5.74, 6) is -0.819. The van der Waals surface area contributed by atoms with Crippen LogP contribution in [0.25, 0.3) is 16.3 Å². The van der Waals surface area contributed by atoms with Crippen molar-refractivity contribution in [2.75, 3.05) is 0 Å². The molecule has 0 aliphatic carbocycles. The molecule has 0 saturated carbocycles. The molecular formula is C22H17FN2O2S. The smallest absolute Gasteiger partial charge is 0.357 e. The lowest BCUT2D eigenvalue weighted by Crippen LogP contribution is -2.14. The first-order valence-electron chi connectivity index (χ1n) is 8.77. The van der Waals surface area contributed by atoms with Crippen molar-refractivity contribution in [1.29, 1.82) is 0 Å². The van der Waals surface area contributed by atoms with Crippen molar-refractivity contribution in [3.05, 3.63) is 95.3 Å². The van der Waals surface area contributed by atoms with E-state index in [-0.39, 0.29) is 5.82 Å². The highest BCUT2D eigenvalue weighted by molar-refractivity contribution is 7.13. The fourth-order valence-corrected chi connectivity index (χ4v) is 3.54. The number of nitrogens with zero attached hydrogens (tertiary/aromatic N) is 2. The lowest BCUT2D eigenvalue weighted by Gasteiger charge is -2.14. The Balaban J connectivity index is 1.67. The molecule has 0 spiro atoms. The molecule has 0 saturated heterocycles. The van der Waals surface area contributed by atoms with E-state index in [1.807, 2.05) is 47.8 Å². The zero-order valence-corrected chi connectivity index (χ0v) is 15.9. The third-order valence-electron chi connectivity index (χ3n) is 4.32. The van der Waals surface area contributed by atoms with Crippen LogP contribution in [0.1, 0.15) is 29.1 Å². The Morgan fingerprint density at radius 1 is 1.07 bits per heavy atom. The minimum atomic E-state index is -0.516. The molecule has 0 unspecified atom stereocenters. The summed E-state index contributed by atoms with van der Waals surface area (Å²) in [7, 11) is 0. The lowest BCUT2D eigenvalue weighted by atomic mass is 10.1. The summed E-state index contributed by atoms with van der Waals surface area (Å²) in [5, 5.41) is 6.58. The number of hydrogen-bond acceptors (Lipinski definition) is 4. The lowest BCUT2D eigenvalue weighted by molar-refractivity contribution is 0.0327. The van der Waals surface area contributed by atoms with E-state index in [1.54, 1.807) is 41.1 Å². The number of carbonyl (C=O) groups excluding carboxylic acids is 1. The summed E-state index contributed by atoms with van der Waals surface area (Å²) in [5.41, 5.74) is 2.54. The van der Waals surface area contributed by atoms with E-state index in [2.05, 4.69) is 5.10 Å².